The molecule has 0 aromatic heterocycles. The molecule has 4 heteroatoms. The Labute approximate surface area is 120 Å². The highest BCUT2D eigenvalue weighted by Crippen LogP contribution is 2.38. The Balaban J connectivity index is 2.32. The highest BCUT2D eigenvalue weighted by molar-refractivity contribution is 6.31. The molecular weight excluding hydrogens is 262 g/mol. The van der Waals surface area contributed by atoms with Crippen LogP contribution in [0.25, 0.3) is 0 Å². The van der Waals surface area contributed by atoms with Gasteiger partial charge in [0.15, 0.2) is 11.5 Å². The fraction of sp³-hybridized carbons (Fsp3) is 0.600. The van der Waals surface area contributed by atoms with Gasteiger partial charge in [0.25, 0.3) is 0 Å². The van der Waals surface area contributed by atoms with E-state index >= 15 is 0 Å². The second-order valence-corrected chi connectivity index (χ2v) is 5.75. The molecule has 19 heavy (non-hydrogen) atoms. The minimum atomic E-state index is 0.240. The van der Waals surface area contributed by atoms with Gasteiger partial charge in [-0.1, -0.05) is 25.4 Å². The number of hydrogen-bond donors (Lipinski definition) is 1. The topological polar surface area (TPSA) is 30.5 Å². The van der Waals surface area contributed by atoms with Crippen LogP contribution in [0.3, 0.4) is 0 Å². The molecule has 1 atom stereocenters. The zero-order valence-corrected chi connectivity index (χ0v) is 12.6. The van der Waals surface area contributed by atoms with Gasteiger partial charge in [0.05, 0.1) is 13.2 Å². The predicted molar refractivity (Wildman–Crippen MR) is 78.3 cm³/mol. The molecule has 2 rings (SSSR count). The van der Waals surface area contributed by atoms with Crippen LogP contribution in [-0.4, -0.2) is 20.3 Å². The predicted octanol–water partition coefficient (Wildman–Crippen LogP) is 3.81. The molecule has 1 unspecified atom stereocenters. The zero-order chi connectivity index (χ0) is 13.8. The van der Waals surface area contributed by atoms with E-state index in [0.717, 1.165) is 34.9 Å². The lowest BCUT2D eigenvalue weighted by atomic mass is 9.96. The van der Waals surface area contributed by atoms with Gasteiger partial charge in [-0.15, -0.1) is 0 Å². The summed E-state index contributed by atoms with van der Waals surface area (Å²) in [5, 5.41) is 4.07. The van der Waals surface area contributed by atoms with Crippen molar-refractivity contribution in [3.05, 3.63) is 22.7 Å². The number of benzene rings is 1. The minimum Gasteiger partial charge on any atom is -0.490 e. The van der Waals surface area contributed by atoms with Crippen molar-refractivity contribution in [2.45, 2.75) is 32.7 Å². The first-order valence-electron chi connectivity index (χ1n) is 6.88. The summed E-state index contributed by atoms with van der Waals surface area (Å²) in [6.07, 6.45) is 1.94. The Morgan fingerprint density at radius 3 is 2.42 bits per heavy atom. The van der Waals surface area contributed by atoms with E-state index in [4.69, 9.17) is 21.1 Å². The number of halogens is 1. The molecule has 1 aliphatic heterocycles. The number of fused-ring (bicyclic) bond motifs is 1. The molecule has 0 spiro atoms. The molecular formula is C15H22ClNO2. The summed E-state index contributed by atoms with van der Waals surface area (Å²) in [4.78, 5) is 0. The SMILES string of the molecule is CNC(CC(C)C)c1cc2c(cc1Cl)OCCCO2. The first-order chi connectivity index (χ1) is 9.11. The van der Waals surface area contributed by atoms with Crippen molar-refractivity contribution in [2.24, 2.45) is 5.92 Å². The van der Waals surface area contributed by atoms with E-state index in [0.29, 0.717) is 19.1 Å². The van der Waals surface area contributed by atoms with Crippen LogP contribution in [0.1, 0.15) is 38.3 Å². The van der Waals surface area contributed by atoms with Gasteiger partial charge in [-0.05, 0) is 31.0 Å². The lowest BCUT2D eigenvalue weighted by Crippen LogP contribution is -2.18. The molecule has 0 aliphatic carbocycles. The first kappa shape index (κ1) is 14.5. The second kappa shape index (κ2) is 6.49. The van der Waals surface area contributed by atoms with E-state index in [9.17, 15) is 0 Å². The van der Waals surface area contributed by atoms with Crippen LogP contribution in [0.4, 0.5) is 0 Å². The monoisotopic (exact) mass is 283 g/mol. The van der Waals surface area contributed by atoms with Gasteiger partial charge in [-0.2, -0.15) is 0 Å². The lowest BCUT2D eigenvalue weighted by molar-refractivity contribution is 0.297. The van der Waals surface area contributed by atoms with Crippen LogP contribution in [0, 0.1) is 5.92 Å². The number of hydrogen-bond acceptors (Lipinski definition) is 3. The third kappa shape index (κ3) is 3.54. The van der Waals surface area contributed by atoms with Gasteiger partial charge in [-0.25, -0.2) is 0 Å². The van der Waals surface area contributed by atoms with Gasteiger partial charge in [0.1, 0.15) is 0 Å². The molecule has 0 fully saturated rings. The van der Waals surface area contributed by atoms with Crippen molar-refractivity contribution in [3.8, 4) is 11.5 Å². The smallest absolute Gasteiger partial charge is 0.162 e. The molecule has 1 aromatic rings. The summed E-state index contributed by atoms with van der Waals surface area (Å²) in [5.74, 6) is 2.16. The van der Waals surface area contributed by atoms with Gasteiger partial charge in [0.2, 0.25) is 0 Å². The van der Waals surface area contributed by atoms with Gasteiger partial charge in [-0.3, -0.25) is 0 Å². The van der Waals surface area contributed by atoms with Gasteiger partial charge < -0.3 is 14.8 Å². The summed E-state index contributed by atoms with van der Waals surface area (Å²) in [5.41, 5.74) is 1.09. The maximum atomic E-state index is 6.40. The van der Waals surface area contributed by atoms with Crippen molar-refractivity contribution < 1.29 is 9.47 Å². The summed E-state index contributed by atoms with van der Waals surface area (Å²) in [6.45, 7) is 5.80. The van der Waals surface area contributed by atoms with E-state index in [-0.39, 0.29) is 6.04 Å². The lowest BCUT2D eigenvalue weighted by Gasteiger charge is -2.21. The highest BCUT2D eigenvalue weighted by Gasteiger charge is 2.19. The van der Waals surface area contributed by atoms with Crippen LogP contribution in [-0.2, 0) is 0 Å². The quantitative estimate of drug-likeness (QED) is 0.911. The van der Waals surface area contributed by atoms with E-state index in [1.165, 1.54) is 0 Å². The summed E-state index contributed by atoms with van der Waals surface area (Å²) in [6, 6.07) is 4.14. The molecule has 1 heterocycles. The molecule has 0 radical (unpaired) electrons. The average Bonchev–Trinajstić information content (AvgIpc) is 2.59. The van der Waals surface area contributed by atoms with Crippen LogP contribution in [0.15, 0.2) is 12.1 Å². The molecule has 106 valence electrons. The molecule has 0 saturated heterocycles. The molecule has 0 bridgehead atoms. The summed E-state index contributed by atoms with van der Waals surface area (Å²) >= 11 is 6.40. The van der Waals surface area contributed by atoms with E-state index < -0.39 is 0 Å². The summed E-state index contributed by atoms with van der Waals surface area (Å²) in [7, 11) is 1.96. The molecule has 0 saturated carbocycles. The molecule has 1 aliphatic rings. The largest absolute Gasteiger partial charge is 0.490 e. The average molecular weight is 284 g/mol. The van der Waals surface area contributed by atoms with Crippen LogP contribution in [0.5, 0.6) is 11.5 Å². The Bertz CT molecular complexity index is 434. The fourth-order valence-electron chi connectivity index (χ4n) is 2.34. The van der Waals surface area contributed by atoms with Crippen molar-refractivity contribution in [3.63, 3.8) is 0 Å². The Kier molecular flexibility index (Phi) is 4.94. The molecule has 1 aromatic carbocycles. The standard InChI is InChI=1S/C15H22ClNO2/c1-10(2)7-13(17-3)11-8-14-15(9-12(11)16)19-6-4-5-18-14/h8-10,13,17H,4-7H2,1-3H3. The number of rotatable bonds is 4. The maximum absolute atomic E-state index is 6.40. The van der Waals surface area contributed by atoms with E-state index in [1.807, 2.05) is 19.2 Å². The second-order valence-electron chi connectivity index (χ2n) is 5.34. The molecule has 3 nitrogen and oxygen atoms in total. The van der Waals surface area contributed by atoms with Crippen LogP contribution >= 0.6 is 11.6 Å². The van der Waals surface area contributed by atoms with Crippen LogP contribution < -0.4 is 14.8 Å². The van der Waals surface area contributed by atoms with Crippen LogP contribution in [0.2, 0.25) is 5.02 Å². The fourth-order valence-corrected chi connectivity index (χ4v) is 2.62. The highest BCUT2D eigenvalue weighted by atomic mass is 35.5. The van der Waals surface area contributed by atoms with Crippen molar-refractivity contribution >= 4 is 11.6 Å². The van der Waals surface area contributed by atoms with E-state index in [2.05, 4.69) is 19.2 Å². The zero-order valence-electron chi connectivity index (χ0n) is 11.8. The van der Waals surface area contributed by atoms with Crippen molar-refractivity contribution in [2.75, 3.05) is 20.3 Å². The third-order valence-electron chi connectivity index (χ3n) is 3.30. The third-order valence-corrected chi connectivity index (χ3v) is 3.63. The van der Waals surface area contributed by atoms with Gasteiger partial charge in [0, 0.05) is 23.6 Å². The first-order valence-corrected chi connectivity index (χ1v) is 7.26. The number of ether oxygens (including phenoxy) is 2. The Hall–Kier alpha value is -0.930. The Morgan fingerprint density at radius 2 is 1.84 bits per heavy atom. The number of nitrogens with one attached hydrogen (secondary N) is 1. The minimum absolute atomic E-state index is 0.240. The molecule has 0 amide bonds. The van der Waals surface area contributed by atoms with Crippen molar-refractivity contribution in [1.29, 1.82) is 0 Å². The van der Waals surface area contributed by atoms with Crippen molar-refractivity contribution in [1.82, 2.24) is 5.32 Å². The van der Waals surface area contributed by atoms with E-state index in [1.54, 1.807) is 0 Å². The normalized spacial score (nSPS) is 16.3. The Morgan fingerprint density at radius 1 is 1.21 bits per heavy atom. The summed E-state index contributed by atoms with van der Waals surface area (Å²) < 4.78 is 11.4. The van der Waals surface area contributed by atoms with Gasteiger partial charge >= 0.3 is 0 Å². The molecule has 1 N–H and O–H groups in total. The maximum Gasteiger partial charge on any atom is 0.162 e.